The predicted octanol–water partition coefficient (Wildman–Crippen LogP) is 5.42. The first-order valence-electron chi connectivity index (χ1n) is 11.7. The fourth-order valence-electron chi connectivity index (χ4n) is 4.32. The Morgan fingerprint density at radius 2 is 1.89 bits per heavy atom. The summed E-state index contributed by atoms with van der Waals surface area (Å²) in [5.41, 5.74) is 1.73. The Bertz CT molecular complexity index is 1350. The fraction of sp³-hybridized carbons (Fsp3) is 0.320. The molecule has 0 unspecified atom stereocenters. The standard InChI is InChI=1S/C25H26F3N7O/c1-3-34-8-10-35(11-9-34)16-4-7-20(29-13-16)33-24-21(23(27)28)25(31-14-30-24)36-19-6-5-18-17(22(19)26)12-15(2)32-18/h4-7,12-14,23,32H,3,8-11H2,1-2H3,(H,29,30,31,33). The molecule has 0 saturated carbocycles. The highest BCUT2D eigenvalue weighted by molar-refractivity contribution is 5.82. The molecule has 0 atom stereocenters. The zero-order valence-electron chi connectivity index (χ0n) is 19.9. The van der Waals surface area contributed by atoms with Crippen molar-refractivity contribution in [2.45, 2.75) is 20.3 Å². The van der Waals surface area contributed by atoms with Crippen LogP contribution in [0.1, 0.15) is 24.6 Å². The monoisotopic (exact) mass is 497 g/mol. The summed E-state index contributed by atoms with van der Waals surface area (Å²) in [4.78, 5) is 19.8. The molecule has 0 radical (unpaired) electrons. The number of anilines is 3. The van der Waals surface area contributed by atoms with Gasteiger partial charge in [-0.15, -0.1) is 0 Å². The Morgan fingerprint density at radius 3 is 2.58 bits per heavy atom. The van der Waals surface area contributed by atoms with E-state index in [1.165, 1.54) is 6.07 Å². The molecule has 3 aromatic heterocycles. The summed E-state index contributed by atoms with van der Waals surface area (Å²) >= 11 is 0. The molecule has 0 bridgehead atoms. The zero-order chi connectivity index (χ0) is 25.2. The number of nitrogens with one attached hydrogen (secondary N) is 2. The number of hydrogen-bond acceptors (Lipinski definition) is 7. The van der Waals surface area contributed by atoms with Crippen LogP contribution in [-0.4, -0.2) is 57.6 Å². The number of alkyl halides is 2. The van der Waals surface area contributed by atoms with Crippen molar-refractivity contribution in [3.05, 3.63) is 59.9 Å². The van der Waals surface area contributed by atoms with Crippen LogP contribution in [0, 0.1) is 12.7 Å². The van der Waals surface area contributed by atoms with E-state index in [0.29, 0.717) is 16.7 Å². The summed E-state index contributed by atoms with van der Waals surface area (Å²) in [6.45, 7) is 8.73. The summed E-state index contributed by atoms with van der Waals surface area (Å²) < 4.78 is 48.7. The number of aromatic amines is 1. The van der Waals surface area contributed by atoms with Crippen molar-refractivity contribution in [1.29, 1.82) is 0 Å². The number of halogens is 3. The van der Waals surface area contributed by atoms with Gasteiger partial charge in [0.2, 0.25) is 5.88 Å². The lowest BCUT2D eigenvalue weighted by molar-refractivity contribution is 0.147. The van der Waals surface area contributed by atoms with E-state index < -0.39 is 23.7 Å². The number of benzene rings is 1. The van der Waals surface area contributed by atoms with E-state index in [-0.39, 0.29) is 11.6 Å². The quantitative estimate of drug-likeness (QED) is 0.353. The van der Waals surface area contributed by atoms with Crippen LogP contribution >= 0.6 is 0 Å². The van der Waals surface area contributed by atoms with Gasteiger partial charge in [-0.3, -0.25) is 0 Å². The molecule has 0 aliphatic carbocycles. The summed E-state index contributed by atoms with van der Waals surface area (Å²) in [7, 11) is 0. The van der Waals surface area contributed by atoms with Gasteiger partial charge in [0.25, 0.3) is 6.43 Å². The van der Waals surface area contributed by atoms with Crippen LogP contribution in [0.15, 0.2) is 42.9 Å². The SMILES string of the molecule is CCN1CCN(c2ccc(Nc3ncnc(Oc4ccc5[nH]c(C)cc5c4F)c3C(F)F)nc2)CC1. The highest BCUT2D eigenvalue weighted by atomic mass is 19.3. The van der Waals surface area contributed by atoms with Crippen LogP contribution in [0.3, 0.4) is 0 Å². The minimum absolute atomic E-state index is 0.161. The second-order valence-electron chi connectivity index (χ2n) is 8.58. The van der Waals surface area contributed by atoms with Gasteiger partial charge in [0.15, 0.2) is 11.6 Å². The molecule has 1 aliphatic heterocycles. The Labute approximate surface area is 206 Å². The third-order valence-corrected chi connectivity index (χ3v) is 6.29. The third-order valence-electron chi connectivity index (χ3n) is 6.29. The summed E-state index contributed by atoms with van der Waals surface area (Å²) in [6, 6.07) is 8.22. The van der Waals surface area contributed by atoms with Crippen molar-refractivity contribution in [1.82, 2.24) is 24.8 Å². The lowest BCUT2D eigenvalue weighted by Crippen LogP contribution is -2.46. The molecule has 0 amide bonds. The molecule has 1 aromatic carbocycles. The normalized spacial score (nSPS) is 14.6. The molecule has 5 rings (SSSR count). The van der Waals surface area contributed by atoms with Crippen molar-refractivity contribution in [2.75, 3.05) is 42.9 Å². The second kappa shape index (κ2) is 10.0. The average Bonchev–Trinajstić information content (AvgIpc) is 3.27. The van der Waals surface area contributed by atoms with Gasteiger partial charge in [-0.2, -0.15) is 0 Å². The van der Waals surface area contributed by atoms with Crippen molar-refractivity contribution in [2.24, 2.45) is 0 Å². The number of hydrogen-bond donors (Lipinski definition) is 2. The summed E-state index contributed by atoms with van der Waals surface area (Å²) in [5, 5.41) is 3.13. The van der Waals surface area contributed by atoms with Crippen LogP contribution in [-0.2, 0) is 0 Å². The zero-order valence-corrected chi connectivity index (χ0v) is 19.9. The number of aromatic nitrogens is 4. The van der Waals surface area contributed by atoms with Gasteiger partial charge >= 0.3 is 0 Å². The molecule has 36 heavy (non-hydrogen) atoms. The van der Waals surface area contributed by atoms with E-state index >= 15 is 0 Å². The lowest BCUT2D eigenvalue weighted by Gasteiger charge is -2.35. The van der Waals surface area contributed by atoms with Crippen LogP contribution < -0.4 is 15.0 Å². The first-order chi connectivity index (χ1) is 17.4. The molecule has 188 valence electrons. The van der Waals surface area contributed by atoms with Gasteiger partial charge in [-0.25, -0.2) is 28.1 Å². The van der Waals surface area contributed by atoms with Crippen molar-refractivity contribution in [3.63, 3.8) is 0 Å². The Hall–Kier alpha value is -3.86. The smallest absolute Gasteiger partial charge is 0.272 e. The number of pyridine rings is 1. The van der Waals surface area contributed by atoms with Gasteiger partial charge < -0.3 is 24.8 Å². The van der Waals surface area contributed by atoms with Crippen LogP contribution in [0.25, 0.3) is 10.9 Å². The van der Waals surface area contributed by atoms with Crippen LogP contribution in [0.4, 0.5) is 30.5 Å². The molecule has 0 spiro atoms. The van der Waals surface area contributed by atoms with Crippen LogP contribution in [0.5, 0.6) is 11.6 Å². The molecule has 4 heterocycles. The molecule has 1 fully saturated rings. The average molecular weight is 498 g/mol. The molecule has 1 saturated heterocycles. The number of rotatable bonds is 7. The number of aryl methyl sites for hydroxylation is 1. The Morgan fingerprint density at radius 1 is 1.08 bits per heavy atom. The molecular formula is C25H26F3N7O. The Kier molecular flexibility index (Phi) is 6.64. The van der Waals surface area contributed by atoms with Gasteiger partial charge in [0.05, 0.1) is 11.9 Å². The van der Waals surface area contributed by atoms with Crippen molar-refractivity contribution < 1.29 is 17.9 Å². The van der Waals surface area contributed by atoms with Crippen LogP contribution in [0.2, 0.25) is 0 Å². The van der Waals surface area contributed by atoms with E-state index in [1.807, 2.05) is 6.07 Å². The largest absolute Gasteiger partial charge is 0.435 e. The molecule has 4 aromatic rings. The number of ether oxygens (including phenoxy) is 1. The maximum Gasteiger partial charge on any atom is 0.272 e. The Balaban J connectivity index is 1.37. The molecular weight excluding hydrogens is 471 g/mol. The summed E-state index contributed by atoms with van der Waals surface area (Å²) in [6.07, 6.45) is -0.185. The second-order valence-corrected chi connectivity index (χ2v) is 8.58. The predicted molar refractivity (Wildman–Crippen MR) is 132 cm³/mol. The molecule has 11 heteroatoms. The fourth-order valence-corrected chi connectivity index (χ4v) is 4.32. The number of nitrogens with zero attached hydrogens (tertiary/aromatic N) is 5. The number of H-pyrrole nitrogens is 1. The summed E-state index contributed by atoms with van der Waals surface area (Å²) in [5.74, 6) is -1.13. The first-order valence-corrected chi connectivity index (χ1v) is 11.7. The van der Waals surface area contributed by atoms with E-state index in [4.69, 9.17) is 4.74 Å². The number of fused-ring (bicyclic) bond motifs is 1. The van der Waals surface area contributed by atoms with Gasteiger partial charge in [0, 0.05) is 42.8 Å². The van der Waals surface area contributed by atoms with E-state index in [1.54, 1.807) is 31.3 Å². The van der Waals surface area contributed by atoms with E-state index in [2.05, 4.69) is 42.0 Å². The minimum Gasteiger partial charge on any atom is -0.435 e. The topological polar surface area (TPSA) is 82.2 Å². The maximum atomic E-state index is 15.0. The highest BCUT2D eigenvalue weighted by Gasteiger charge is 2.24. The molecule has 1 aliphatic rings. The van der Waals surface area contributed by atoms with E-state index in [9.17, 15) is 13.2 Å². The van der Waals surface area contributed by atoms with E-state index in [0.717, 1.165) is 50.4 Å². The lowest BCUT2D eigenvalue weighted by atomic mass is 10.2. The van der Waals surface area contributed by atoms with Gasteiger partial charge in [-0.1, -0.05) is 6.92 Å². The first kappa shape index (κ1) is 23.9. The highest BCUT2D eigenvalue weighted by Crippen LogP contribution is 2.37. The van der Waals surface area contributed by atoms with Gasteiger partial charge in [-0.05, 0) is 43.8 Å². The molecule has 8 nitrogen and oxygen atoms in total. The van der Waals surface area contributed by atoms with Crippen molar-refractivity contribution in [3.8, 4) is 11.6 Å². The van der Waals surface area contributed by atoms with Gasteiger partial charge in [0.1, 0.15) is 23.5 Å². The van der Waals surface area contributed by atoms with Crippen molar-refractivity contribution >= 4 is 28.2 Å². The minimum atomic E-state index is -2.97. The molecule has 2 N–H and O–H groups in total. The maximum absolute atomic E-state index is 15.0. The number of piperazine rings is 1. The third kappa shape index (κ3) is 4.78. The number of likely N-dealkylation sites (N-methyl/N-ethyl adjacent to an activating group) is 1.